The van der Waals surface area contributed by atoms with E-state index in [0.29, 0.717) is 0 Å². The third kappa shape index (κ3) is 5.88. The second kappa shape index (κ2) is 9.95. The lowest BCUT2D eigenvalue weighted by atomic mass is 9.81. The highest BCUT2D eigenvalue weighted by atomic mass is 32.2. The maximum Gasteiger partial charge on any atom is 0.123 e. The molecule has 0 radical (unpaired) electrons. The summed E-state index contributed by atoms with van der Waals surface area (Å²) in [6.07, 6.45) is 0. The van der Waals surface area contributed by atoms with Gasteiger partial charge in [-0.1, -0.05) is 101 Å². The molecule has 0 heterocycles. The Bertz CT molecular complexity index is 1340. The second-order valence-corrected chi connectivity index (χ2v) is 13.2. The Hall–Kier alpha value is -3.17. The molecule has 37 heavy (non-hydrogen) atoms. The number of phenols is 2. The lowest BCUT2D eigenvalue weighted by molar-refractivity contribution is 0.476. The lowest BCUT2D eigenvalue weighted by Gasteiger charge is -2.24. The van der Waals surface area contributed by atoms with Crippen molar-refractivity contribution < 1.29 is 10.2 Å². The second-order valence-electron chi connectivity index (χ2n) is 12.1. The van der Waals surface area contributed by atoms with Gasteiger partial charge in [0.15, 0.2) is 0 Å². The van der Waals surface area contributed by atoms with Gasteiger partial charge in [0.05, 0.1) is 0 Å². The van der Waals surface area contributed by atoms with Gasteiger partial charge < -0.3 is 10.2 Å². The third-order valence-electron chi connectivity index (χ3n) is 6.72. The average Bonchev–Trinajstić information content (AvgIpc) is 2.80. The number of aromatic hydroxyl groups is 2. The van der Waals surface area contributed by atoms with Gasteiger partial charge in [0, 0.05) is 20.9 Å². The zero-order chi connectivity index (χ0) is 27.1. The summed E-state index contributed by atoms with van der Waals surface area (Å²) >= 11 is 1.64. The van der Waals surface area contributed by atoms with Gasteiger partial charge in [-0.2, -0.15) is 0 Å². The van der Waals surface area contributed by atoms with Crippen LogP contribution in [0.3, 0.4) is 0 Å². The van der Waals surface area contributed by atoms with Crippen molar-refractivity contribution in [1.29, 1.82) is 0 Å². The van der Waals surface area contributed by atoms with E-state index in [-0.39, 0.29) is 22.3 Å². The van der Waals surface area contributed by atoms with E-state index in [1.54, 1.807) is 23.9 Å². The van der Waals surface area contributed by atoms with Crippen LogP contribution in [0, 0.1) is 13.8 Å². The summed E-state index contributed by atoms with van der Waals surface area (Å²) < 4.78 is 0. The maximum absolute atomic E-state index is 10.9. The van der Waals surface area contributed by atoms with Crippen LogP contribution in [-0.4, -0.2) is 10.2 Å². The van der Waals surface area contributed by atoms with E-state index in [1.807, 2.05) is 12.1 Å². The van der Waals surface area contributed by atoms with Gasteiger partial charge in [0.2, 0.25) is 0 Å². The number of benzene rings is 4. The fourth-order valence-electron chi connectivity index (χ4n) is 4.79. The van der Waals surface area contributed by atoms with Crippen molar-refractivity contribution >= 4 is 11.8 Å². The minimum absolute atomic E-state index is 0.0525. The largest absolute Gasteiger partial charge is 0.507 e. The van der Waals surface area contributed by atoms with Crippen LogP contribution in [-0.2, 0) is 10.8 Å². The molecular formula is C34H38O2S. The molecule has 0 aliphatic heterocycles. The predicted molar refractivity (Wildman–Crippen MR) is 158 cm³/mol. The third-order valence-corrected chi connectivity index (χ3v) is 7.70. The fraction of sp³-hybridized carbons (Fsp3) is 0.294. The van der Waals surface area contributed by atoms with Crippen molar-refractivity contribution in [2.75, 3.05) is 0 Å². The smallest absolute Gasteiger partial charge is 0.123 e. The topological polar surface area (TPSA) is 40.5 Å². The molecule has 0 bridgehead atoms. The molecule has 4 aromatic carbocycles. The molecule has 0 spiro atoms. The SMILES string of the molecule is Cc1ccc(C(C)(C)C)c(-c2cc(Sc3ccc(O)c(-c4cc(C)ccc4C(C)(C)C)c3)ccc2O)c1. The summed E-state index contributed by atoms with van der Waals surface area (Å²) in [4.78, 5) is 2.07. The van der Waals surface area contributed by atoms with Gasteiger partial charge in [-0.15, -0.1) is 0 Å². The van der Waals surface area contributed by atoms with Crippen molar-refractivity contribution in [3.05, 3.63) is 95.1 Å². The quantitative estimate of drug-likeness (QED) is 0.287. The van der Waals surface area contributed by atoms with E-state index in [0.717, 1.165) is 43.2 Å². The van der Waals surface area contributed by atoms with Crippen LogP contribution in [0.15, 0.2) is 82.6 Å². The van der Waals surface area contributed by atoms with Crippen molar-refractivity contribution in [3.8, 4) is 33.8 Å². The monoisotopic (exact) mass is 510 g/mol. The number of hydrogen-bond acceptors (Lipinski definition) is 3. The first-order valence-electron chi connectivity index (χ1n) is 12.8. The standard InChI is InChI=1S/C34H38O2S/c1-21-9-13-29(33(3,4)5)25(17-21)27-19-23(11-15-31(27)35)37-24-12-16-32(36)28(20-24)26-18-22(2)10-14-30(26)34(6,7)8/h9-20,35-36H,1-8H3. The minimum Gasteiger partial charge on any atom is -0.507 e. The normalized spacial score (nSPS) is 12.1. The fourth-order valence-corrected chi connectivity index (χ4v) is 5.69. The van der Waals surface area contributed by atoms with Gasteiger partial charge in [0.1, 0.15) is 11.5 Å². The lowest BCUT2D eigenvalue weighted by Crippen LogP contribution is -2.13. The van der Waals surface area contributed by atoms with Crippen LogP contribution < -0.4 is 0 Å². The van der Waals surface area contributed by atoms with Crippen LogP contribution in [0.5, 0.6) is 11.5 Å². The summed E-state index contributed by atoms with van der Waals surface area (Å²) in [5.41, 5.74) is 8.44. The Labute approximate surface area is 226 Å². The zero-order valence-corrected chi connectivity index (χ0v) is 24.0. The molecule has 3 heteroatoms. The molecule has 0 atom stereocenters. The van der Waals surface area contributed by atoms with Gasteiger partial charge >= 0.3 is 0 Å². The first kappa shape index (κ1) is 26.9. The molecule has 0 aliphatic rings. The molecule has 0 fully saturated rings. The van der Waals surface area contributed by atoms with Crippen LogP contribution in [0.25, 0.3) is 22.3 Å². The Morgan fingerprint density at radius 2 is 0.865 bits per heavy atom. The maximum atomic E-state index is 10.9. The summed E-state index contributed by atoms with van der Waals surface area (Å²) in [6, 6.07) is 24.6. The molecule has 4 rings (SSSR count). The molecule has 4 aromatic rings. The molecular weight excluding hydrogens is 472 g/mol. The highest BCUT2D eigenvalue weighted by molar-refractivity contribution is 7.99. The van der Waals surface area contributed by atoms with Crippen LogP contribution in [0.2, 0.25) is 0 Å². The number of phenolic OH excluding ortho intramolecular Hbond substituents is 2. The Morgan fingerprint density at radius 1 is 0.486 bits per heavy atom. The van der Waals surface area contributed by atoms with E-state index in [9.17, 15) is 10.2 Å². The average molecular weight is 511 g/mol. The van der Waals surface area contributed by atoms with Crippen molar-refractivity contribution in [2.45, 2.75) is 76.0 Å². The molecule has 2 N–H and O–H groups in total. The summed E-state index contributed by atoms with van der Waals surface area (Å²) in [7, 11) is 0. The number of hydrogen-bond donors (Lipinski definition) is 2. The number of aryl methyl sites for hydroxylation is 2. The van der Waals surface area contributed by atoms with E-state index < -0.39 is 0 Å². The summed E-state index contributed by atoms with van der Waals surface area (Å²) in [5.74, 6) is 0.558. The Balaban J connectivity index is 1.78. The first-order chi connectivity index (χ1) is 17.2. The Morgan fingerprint density at radius 3 is 1.22 bits per heavy atom. The number of rotatable bonds is 4. The van der Waals surface area contributed by atoms with Gasteiger partial charge in [0.25, 0.3) is 0 Å². The highest BCUT2D eigenvalue weighted by Crippen LogP contribution is 2.43. The van der Waals surface area contributed by atoms with E-state index in [4.69, 9.17) is 0 Å². The predicted octanol–water partition coefficient (Wildman–Crippen LogP) is 9.79. The van der Waals surface area contributed by atoms with Crippen molar-refractivity contribution in [3.63, 3.8) is 0 Å². The van der Waals surface area contributed by atoms with Crippen molar-refractivity contribution in [1.82, 2.24) is 0 Å². The van der Waals surface area contributed by atoms with Crippen LogP contribution in [0.1, 0.15) is 63.8 Å². The zero-order valence-electron chi connectivity index (χ0n) is 23.2. The first-order valence-corrected chi connectivity index (χ1v) is 13.6. The Kier molecular flexibility index (Phi) is 7.23. The minimum atomic E-state index is -0.0525. The summed E-state index contributed by atoms with van der Waals surface area (Å²) in [5, 5.41) is 21.7. The molecule has 0 aliphatic carbocycles. The molecule has 0 saturated carbocycles. The molecule has 2 nitrogen and oxygen atoms in total. The van der Waals surface area contributed by atoms with Crippen LogP contribution >= 0.6 is 11.8 Å². The molecule has 0 aromatic heterocycles. The van der Waals surface area contributed by atoms with Gasteiger partial charge in [-0.05, 0) is 83.3 Å². The van der Waals surface area contributed by atoms with Crippen LogP contribution in [0.4, 0.5) is 0 Å². The van der Waals surface area contributed by atoms with E-state index in [2.05, 4.69) is 104 Å². The van der Waals surface area contributed by atoms with E-state index in [1.165, 1.54) is 11.1 Å². The molecule has 0 saturated heterocycles. The molecule has 192 valence electrons. The molecule has 0 amide bonds. The summed E-state index contributed by atoms with van der Waals surface area (Å²) in [6.45, 7) is 17.4. The van der Waals surface area contributed by atoms with E-state index >= 15 is 0 Å². The molecule has 0 unspecified atom stereocenters. The van der Waals surface area contributed by atoms with Crippen molar-refractivity contribution in [2.24, 2.45) is 0 Å². The highest BCUT2D eigenvalue weighted by Gasteiger charge is 2.22. The van der Waals surface area contributed by atoms with Gasteiger partial charge in [-0.25, -0.2) is 0 Å². The van der Waals surface area contributed by atoms with Gasteiger partial charge in [-0.3, -0.25) is 0 Å².